The molecule has 2 rings (SSSR count). The number of rotatable bonds is 12. The van der Waals surface area contributed by atoms with Crippen LogP contribution >= 0.6 is 0 Å². The number of ether oxygens (including phenoxy) is 4. The summed E-state index contributed by atoms with van der Waals surface area (Å²) in [5, 5.41) is 0. The van der Waals surface area contributed by atoms with Crippen molar-refractivity contribution in [2.75, 3.05) is 54.4 Å². The molecule has 0 N–H and O–H groups in total. The highest BCUT2D eigenvalue weighted by atomic mass is 28.4. The van der Waals surface area contributed by atoms with Crippen LogP contribution in [-0.2, 0) is 32.2 Å². The van der Waals surface area contributed by atoms with Gasteiger partial charge in [-0.05, 0) is 0 Å². The fraction of sp³-hybridized carbons (Fsp3) is 1.00. The zero-order chi connectivity index (χ0) is 14.4. The molecule has 118 valence electrons. The molecule has 0 aliphatic carbocycles. The molecule has 2 aliphatic rings. The van der Waals surface area contributed by atoms with Crippen molar-refractivity contribution in [1.29, 1.82) is 0 Å². The Labute approximate surface area is 120 Å². The molecule has 2 saturated heterocycles. The van der Waals surface area contributed by atoms with Crippen LogP contribution in [0.25, 0.3) is 0 Å². The topological polar surface area (TPSA) is 71.2 Å². The summed E-state index contributed by atoms with van der Waals surface area (Å²) in [5.41, 5.74) is -0.258. The summed E-state index contributed by atoms with van der Waals surface area (Å²) in [6.45, 7) is 3.26. The van der Waals surface area contributed by atoms with Gasteiger partial charge in [0.1, 0.15) is 17.9 Å². The standard InChI is InChI=1S/C12H24O7Si/c1-13-20(14-2,15-3)12(19-9-11-8-18-11)4-5-16-6-10-7-17-10/h10-12H,4-9H2,1-3H3. The third-order valence-corrected chi connectivity index (χ3v) is 6.32. The minimum Gasteiger partial charge on any atom is -0.379 e. The summed E-state index contributed by atoms with van der Waals surface area (Å²) in [7, 11) is 1.92. The minimum atomic E-state index is -2.84. The molecule has 3 atom stereocenters. The van der Waals surface area contributed by atoms with Crippen molar-refractivity contribution < 1.29 is 32.2 Å². The second kappa shape index (κ2) is 7.81. The first-order valence-electron chi connectivity index (χ1n) is 6.82. The number of epoxide rings is 2. The lowest BCUT2D eigenvalue weighted by molar-refractivity contribution is -0.00969. The van der Waals surface area contributed by atoms with E-state index in [9.17, 15) is 0 Å². The molecule has 0 spiro atoms. The molecule has 0 amide bonds. The van der Waals surface area contributed by atoms with Crippen LogP contribution in [0.4, 0.5) is 0 Å². The Morgan fingerprint density at radius 2 is 1.55 bits per heavy atom. The van der Waals surface area contributed by atoms with Crippen LogP contribution in [0.15, 0.2) is 0 Å². The average molecular weight is 308 g/mol. The highest BCUT2D eigenvalue weighted by molar-refractivity contribution is 6.62. The van der Waals surface area contributed by atoms with Gasteiger partial charge in [-0.3, -0.25) is 0 Å². The SMILES string of the molecule is CO[Si](OC)(OC)C(CCOCC1CO1)OCC1CO1. The fourth-order valence-corrected chi connectivity index (χ4v) is 4.02. The van der Waals surface area contributed by atoms with E-state index in [1.54, 1.807) is 21.3 Å². The van der Waals surface area contributed by atoms with Gasteiger partial charge in [-0.15, -0.1) is 0 Å². The predicted molar refractivity (Wildman–Crippen MR) is 71.4 cm³/mol. The summed E-state index contributed by atoms with van der Waals surface area (Å²) in [5.74, 6) is 0. The monoisotopic (exact) mass is 308 g/mol. The Morgan fingerprint density at radius 3 is 2.05 bits per heavy atom. The van der Waals surface area contributed by atoms with E-state index < -0.39 is 8.80 Å². The molecule has 3 unspecified atom stereocenters. The summed E-state index contributed by atoms with van der Waals surface area (Å²) in [6.07, 6.45) is 1.11. The van der Waals surface area contributed by atoms with E-state index in [4.69, 9.17) is 32.2 Å². The smallest absolute Gasteiger partial charge is 0.379 e. The molecule has 20 heavy (non-hydrogen) atoms. The zero-order valence-electron chi connectivity index (χ0n) is 12.3. The lowest BCUT2D eigenvalue weighted by Gasteiger charge is -2.32. The Bertz CT molecular complexity index is 271. The van der Waals surface area contributed by atoms with Crippen LogP contribution in [0.1, 0.15) is 6.42 Å². The molecule has 8 heteroatoms. The highest BCUT2D eigenvalue weighted by Crippen LogP contribution is 2.21. The molecule has 0 bridgehead atoms. The third-order valence-electron chi connectivity index (χ3n) is 3.36. The maximum Gasteiger partial charge on any atom is 0.530 e. The molecule has 2 aliphatic heterocycles. The van der Waals surface area contributed by atoms with Crippen molar-refractivity contribution >= 4 is 8.80 Å². The molecule has 7 nitrogen and oxygen atoms in total. The molecule has 0 aromatic rings. The van der Waals surface area contributed by atoms with Gasteiger partial charge in [-0.25, -0.2) is 0 Å². The first-order chi connectivity index (χ1) is 9.74. The summed E-state index contributed by atoms with van der Waals surface area (Å²) < 4.78 is 38.2. The van der Waals surface area contributed by atoms with Crippen LogP contribution in [0.2, 0.25) is 0 Å². The lowest BCUT2D eigenvalue weighted by Crippen LogP contribution is -2.56. The van der Waals surface area contributed by atoms with Crippen molar-refractivity contribution in [2.45, 2.75) is 24.4 Å². The van der Waals surface area contributed by atoms with E-state index in [-0.39, 0.29) is 17.9 Å². The van der Waals surface area contributed by atoms with E-state index in [1.165, 1.54) is 0 Å². The second-order valence-electron chi connectivity index (χ2n) is 4.81. The van der Waals surface area contributed by atoms with Crippen LogP contribution in [-0.4, -0.2) is 81.1 Å². The maximum atomic E-state index is 5.88. The van der Waals surface area contributed by atoms with Crippen molar-refractivity contribution in [3.05, 3.63) is 0 Å². The van der Waals surface area contributed by atoms with Gasteiger partial charge in [0.2, 0.25) is 0 Å². The summed E-state index contributed by atoms with van der Waals surface area (Å²) in [6, 6.07) is 0. The molecule has 0 aromatic carbocycles. The Morgan fingerprint density at radius 1 is 1.00 bits per heavy atom. The molecule has 0 saturated carbocycles. The minimum absolute atomic E-state index is 0.190. The van der Waals surface area contributed by atoms with E-state index in [0.717, 1.165) is 13.2 Å². The lowest BCUT2D eigenvalue weighted by atomic mass is 10.4. The van der Waals surface area contributed by atoms with Crippen molar-refractivity contribution in [3.8, 4) is 0 Å². The van der Waals surface area contributed by atoms with Crippen LogP contribution in [0, 0.1) is 0 Å². The van der Waals surface area contributed by atoms with E-state index in [2.05, 4.69) is 0 Å². The van der Waals surface area contributed by atoms with Crippen molar-refractivity contribution in [3.63, 3.8) is 0 Å². The van der Waals surface area contributed by atoms with Gasteiger partial charge in [0.15, 0.2) is 0 Å². The number of hydrogen-bond donors (Lipinski definition) is 0. The van der Waals surface area contributed by atoms with E-state index in [0.29, 0.717) is 26.2 Å². The van der Waals surface area contributed by atoms with Gasteiger partial charge in [0.25, 0.3) is 0 Å². The normalized spacial score (nSPS) is 26.6. The molecular formula is C12H24O7Si. The Kier molecular flexibility index (Phi) is 6.37. The maximum absolute atomic E-state index is 5.88. The van der Waals surface area contributed by atoms with Gasteiger partial charge in [0, 0.05) is 34.4 Å². The van der Waals surface area contributed by atoms with Gasteiger partial charge in [0.05, 0.1) is 26.4 Å². The fourth-order valence-electron chi connectivity index (χ4n) is 1.96. The highest BCUT2D eigenvalue weighted by Gasteiger charge is 2.49. The first-order valence-corrected chi connectivity index (χ1v) is 8.62. The molecule has 0 aromatic heterocycles. The molecule has 2 heterocycles. The van der Waals surface area contributed by atoms with Gasteiger partial charge < -0.3 is 32.2 Å². The number of hydrogen-bond acceptors (Lipinski definition) is 7. The van der Waals surface area contributed by atoms with Gasteiger partial charge in [-0.2, -0.15) is 0 Å². The largest absolute Gasteiger partial charge is 0.530 e. The zero-order valence-corrected chi connectivity index (χ0v) is 13.3. The summed E-state index contributed by atoms with van der Waals surface area (Å²) in [4.78, 5) is 0. The van der Waals surface area contributed by atoms with Crippen molar-refractivity contribution in [1.82, 2.24) is 0 Å². The average Bonchev–Trinajstić information content (AvgIpc) is 3.36. The van der Waals surface area contributed by atoms with Crippen LogP contribution in [0.3, 0.4) is 0 Å². The second-order valence-corrected chi connectivity index (χ2v) is 7.89. The first kappa shape index (κ1) is 16.3. The third kappa shape index (κ3) is 4.74. The van der Waals surface area contributed by atoms with E-state index >= 15 is 0 Å². The Balaban J connectivity index is 1.79. The quantitative estimate of drug-likeness (QED) is 0.285. The molecular weight excluding hydrogens is 284 g/mol. The summed E-state index contributed by atoms with van der Waals surface area (Å²) >= 11 is 0. The van der Waals surface area contributed by atoms with Crippen molar-refractivity contribution in [2.24, 2.45) is 0 Å². The predicted octanol–water partition coefficient (Wildman–Crippen LogP) is -0.00680. The Hall–Kier alpha value is -0.0631. The molecule has 2 fully saturated rings. The molecule has 0 radical (unpaired) electrons. The van der Waals surface area contributed by atoms with Crippen LogP contribution < -0.4 is 0 Å². The van der Waals surface area contributed by atoms with Gasteiger partial charge in [-0.1, -0.05) is 0 Å². The van der Waals surface area contributed by atoms with Gasteiger partial charge >= 0.3 is 8.80 Å². The van der Waals surface area contributed by atoms with E-state index in [1.807, 2.05) is 0 Å². The van der Waals surface area contributed by atoms with Crippen LogP contribution in [0.5, 0.6) is 0 Å².